The van der Waals surface area contributed by atoms with E-state index in [0.717, 1.165) is 5.92 Å². The first-order valence-corrected chi connectivity index (χ1v) is 8.69. The van der Waals surface area contributed by atoms with Crippen LogP contribution >= 0.6 is 0 Å². The molecule has 3 atom stereocenters. The highest BCUT2D eigenvalue weighted by Gasteiger charge is 2.44. The minimum absolute atomic E-state index is 0.279. The zero-order valence-electron chi connectivity index (χ0n) is 13.0. The molecule has 2 saturated carbocycles. The van der Waals surface area contributed by atoms with Gasteiger partial charge in [-0.25, -0.2) is 0 Å². The molecule has 19 heavy (non-hydrogen) atoms. The highest BCUT2D eigenvalue weighted by molar-refractivity contribution is 5.53. The lowest BCUT2D eigenvalue weighted by Crippen LogP contribution is -2.41. The van der Waals surface area contributed by atoms with Gasteiger partial charge in [-0.3, -0.25) is 0 Å². The van der Waals surface area contributed by atoms with Crippen LogP contribution in [0.25, 0.3) is 0 Å². The van der Waals surface area contributed by atoms with Gasteiger partial charge in [0, 0.05) is 5.92 Å². The van der Waals surface area contributed by atoms with Gasteiger partial charge in [0.25, 0.3) is 0 Å². The molecule has 0 N–H and O–H groups in total. The van der Waals surface area contributed by atoms with Crippen molar-refractivity contribution in [1.82, 2.24) is 0 Å². The molecular weight excluding hydrogens is 232 g/mol. The van der Waals surface area contributed by atoms with E-state index < -0.39 is 0 Å². The molecule has 2 fully saturated rings. The van der Waals surface area contributed by atoms with Gasteiger partial charge in [-0.1, -0.05) is 52.4 Å². The number of hydrogen-bond donors (Lipinski definition) is 0. The molecule has 2 aliphatic carbocycles. The maximum Gasteiger partial charge on any atom is 0.123 e. The third-order valence-electron chi connectivity index (χ3n) is 6.09. The molecule has 1 unspecified atom stereocenters. The largest absolute Gasteiger partial charge is 0.303 e. The molecule has 2 aliphatic rings. The standard InChI is InChI=1S/C18H32O/c1-3-11-18(12-7-4-8-13-18)17-10-6-5-9-16(17)15(2)14-19/h14-17H,3-13H2,1-2H3/t15?,16-,17+/m1/s1. The Hall–Kier alpha value is -0.330. The minimum atomic E-state index is 0.279. The number of aldehydes is 1. The number of rotatable bonds is 5. The van der Waals surface area contributed by atoms with Crippen LogP contribution in [0.5, 0.6) is 0 Å². The van der Waals surface area contributed by atoms with E-state index in [0.29, 0.717) is 11.3 Å². The molecule has 0 aromatic heterocycles. The quantitative estimate of drug-likeness (QED) is 0.609. The molecule has 0 aromatic carbocycles. The summed E-state index contributed by atoms with van der Waals surface area (Å²) in [6, 6.07) is 0. The molecule has 0 bridgehead atoms. The van der Waals surface area contributed by atoms with E-state index >= 15 is 0 Å². The summed E-state index contributed by atoms with van der Waals surface area (Å²) in [7, 11) is 0. The van der Waals surface area contributed by atoms with Crippen LogP contribution in [0.15, 0.2) is 0 Å². The van der Waals surface area contributed by atoms with Gasteiger partial charge in [0.05, 0.1) is 0 Å². The molecule has 0 saturated heterocycles. The van der Waals surface area contributed by atoms with Gasteiger partial charge >= 0.3 is 0 Å². The Kier molecular flexibility index (Phi) is 5.47. The van der Waals surface area contributed by atoms with E-state index in [9.17, 15) is 4.79 Å². The second-order valence-corrected chi connectivity index (χ2v) is 7.22. The van der Waals surface area contributed by atoms with E-state index in [2.05, 4.69) is 13.8 Å². The predicted octanol–water partition coefficient (Wildman–Crippen LogP) is 5.38. The van der Waals surface area contributed by atoms with E-state index in [4.69, 9.17) is 0 Å². The van der Waals surface area contributed by atoms with Crippen molar-refractivity contribution in [3.8, 4) is 0 Å². The molecule has 0 heterocycles. The second kappa shape index (κ2) is 6.90. The molecule has 0 aromatic rings. The van der Waals surface area contributed by atoms with Crippen molar-refractivity contribution in [2.45, 2.75) is 84.5 Å². The first-order valence-electron chi connectivity index (χ1n) is 8.69. The van der Waals surface area contributed by atoms with Crippen molar-refractivity contribution in [2.75, 3.05) is 0 Å². The fourth-order valence-electron chi connectivity index (χ4n) is 5.21. The average molecular weight is 264 g/mol. The molecule has 0 radical (unpaired) electrons. The summed E-state index contributed by atoms with van der Waals surface area (Å²) < 4.78 is 0. The lowest BCUT2D eigenvalue weighted by Gasteiger charge is -2.50. The van der Waals surface area contributed by atoms with Crippen molar-refractivity contribution >= 4 is 6.29 Å². The van der Waals surface area contributed by atoms with Crippen LogP contribution in [-0.2, 0) is 4.79 Å². The van der Waals surface area contributed by atoms with Crippen LogP contribution in [0.1, 0.15) is 84.5 Å². The third kappa shape index (κ3) is 3.23. The van der Waals surface area contributed by atoms with Crippen LogP contribution < -0.4 is 0 Å². The Bertz CT molecular complexity index is 272. The van der Waals surface area contributed by atoms with Crippen LogP contribution in [-0.4, -0.2) is 6.29 Å². The molecular formula is C18H32O. The van der Waals surface area contributed by atoms with Crippen LogP contribution in [0.2, 0.25) is 0 Å². The third-order valence-corrected chi connectivity index (χ3v) is 6.09. The summed E-state index contributed by atoms with van der Waals surface area (Å²) in [6.45, 7) is 4.51. The summed E-state index contributed by atoms with van der Waals surface area (Å²) in [5.74, 6) is 1.79. The smallest absolute Gasteiger partial charge is 0.123 e. The predicted molar refractivity (Wildman–Crippen MR) is 81.1 cm³/mol. The Morgan fingerprint density at radius 2 is 1.79 bits per heavy atom. The first-order chi connectivity index (χ1) is 9.23. The Morgan fingerprint density at radius 3 is 2.42 bits per heavy atom. The van der Waals surface area contributed by atoms with Gasteiger partial charge in [0.15, 0.2) is 0 Å². The maximum atomic E-state index is 11.3. The zero-order valence-corrected chi connectivity index (χ0v) is 13.0. The zero-order chi connectivity index (χ0) is 13.7. The van der Waals surface area contributed by atoms with Crippen molar-refractivity contribution in [3.63, 3.8) is 0 Å². The van der Waals surface area contributed by atoms with Crippen molar-refractivity contribution in [2.24, 2.45) is 23.2 Å². The summed E-state index contributed by atoms with van der Waals surface area (Å²) in [5, 5.41) is 0. The van der Waals surface area contributed by atoms with Gasteiger partial charge in [-0.15, -0.1) is 0 Å². The van der Waals surface area contributed by atoms with Gasteiger partial charge in [-0.05, 0) is 49.4 Å². The molecule has 1 nitrogen and oxygen atoms in total. The van der Waals surface area contributed by atoms with Gasteiger partial charge in [0.2, 0.25) is 0 Å². The monoisotopic (exact) mass is 264 g/mol. The maximum absolute atomic E-state index is 11.3. The molecule has 0 amide bonds. The van der Waals surface area contributed by atoms with Gasteiger partial charge < -0.3 is 4.79 Å². The topological polar surface area (TPSA) is 17.1 Å². The molecule has 110 valence electrons. The van der Waals surface area contributed by atoms with Crippen LogP contribution in [0.4, 0.5) is 0 Å². The number of carbonyl (C=O) groups is 1. The van der Waals surface area contributed by atoms with Crippen molar-refractivity contribution in [3.05, 3.63) is 0 Å². The fourth-order valence-corrected chi connectivity index (χ4v) is 5.21. The Morgan fingerprint density at radius 1 is 1.11 bits per heavy atom. The summed E-state index contributed by atoms with van der Waals surface area (Å²) in [5.41, 5.74) is 0.593. The first kappa shape index (κ1) is 15.1. The Labute approximate surface area is 119 Å². The van der Waals surface area contributed by atoms with Crippen molar-refractivity contribution in [1.29, 1.82) is 0 Å². The van der Waals surface area contributed by atoms with Gasteiger partial charge in [-0.2, -0.15) is 0 Å². The van der Waals surface area contributed by atoms with Gasteiger partial charge in [0.1, 0.15) is 6.29 Å². The highest BCUT2D eigenvalue weighted by atomic mass is 16.1. The number of hydrogen-bond acceptors (Lipinski definition) is 1. The summed E-state index contributed by atoms with van der Waals surface area (Å²) in [6.07, 6.45) is 16.6. The molecule has 0 spiro atoms. The summed E-state index contributed by atoms with van der Waals surface area (Å²) in [4.78, 5) is 11.3. The minimum Gasteiger partial charge on any atom is -0.303 e. The number of carbonyl (C=O) groups excluding carboxylic acids is 1. The molecule has 2 rings (SSSR count). The lowest BCUT2D eigenvalue weighted by molar-refractivity contribution is -0.114. The average Bonchev–Trinajstić information content (AvgIpc) is 2.48. The SMILES string of the molecule is CCCC1([C@H]2CCCC[C@@H]2C(C)C=O)CCCCC1. The normalized spacial score (nSPS) is 32.7. The van der Waals surface area contributed by atoms with E-state index in [1.807, 2.05) is 0 Å². The fraction of sp³-hybridized carbons (Fsp3) is 0.944. The molecule has 0 aliphatic heterocycles. The van der Waals surface area contributed by atoms with E-state index in [-0.39, 0.29) is 5.92 Å². The van der Waals surface area contributed by atoms with E-state index in [1.54, 1.807) is 0 Å². The van der Waals surface area contributed by atoms with Crippen molar-refractivity contribution < 1.29 is 4.79 Å². The van der Waals surface area contributed by atoms with E-state index in [1.165, 1.54) is 76.9 Å². The highest BCUT2D eigenvalue weighted by Crippen LogP contribution is 2.54. The molecule has 1 heteroatoms. The Balaban J connectivity index is 2.19. The lowest BCUT2D eigenvalue weighted by atomic mass is 9.55. The van der Waals surface area contributed by atoms with Crippen LogP contribution in [0.3, 0.4) is 0 Å². The summed E-state index contributed by atoms with van der Waals surface area (Å²) >= 11 is 0. The second-order valence-electron chi connectivity index (χ2n) is 7.22. The van der Waals surface area contributed by atoms with Crippen LogP contribution in [0, 0.1) is 23.2 Å².